The molecule has 0 radical (unpaired) electrons. The minimum absolute atomic E-state index is 0. The second kappa shape index (κ2) is 8.88. The molecule has 8 heteroatoms. The van der Waals surface area contributed by atoms with Crippen LogP contribution in [0.3, 0.4) is 0 Å². The van der Waals surface area contributed by atoms with E-state index < -0.39 is 6.61 Å². The monoisotopic (exact) mass is 350 g/mol. The summed E-state index contributed by atoms with van der Waals surface area (Å²) in [5.74, 6) is -0.239. The molecule has 0 aromatic heterocycles. The molecule has 1 fully saturated rings. The lowest BCUT2D eigenvalue weighted by Gasteiger charge is -2.28. The first-order valence-electron chi connectivity index (χ1n) is 7.16. The molecule has 23 heavy (non-hydrogen) atoms. The number of ether oxygens (including phenoxy) is 2. The van der Waals surface area contributed by atoms with E-state index in [1.807, 2.05) is 0 Å². The molecule has 1 aromatic carbocycles. The molecule has 1 aliphatic heterocycles. The van der Waals surface area contributed by atoms with Crippen LogP contribution in [0.4, 0.5) is 8.78 Å². The van der Waals surface area contributed by atoms with Crippen molar-refractivity contribution in [3.8, 4) is 11.5 Å². The molecule has 130 valence electrons. The predicted octanol–water partition coefficient (Wildman–Crippen LogP) is 2.59. The molecule has 0 saturated carbocycles. The van der Waals surface area contributed by atoms with Gasteiger partial charge in [-0.3, -0.25) is 4.79 Å². The number of amides is 1. The first-order chi connectivity index (χ1) is 10.5. The summed E-state index contributed by atoms with van der Waals surface area (Å²) in [6.07, 6.45) is 1.72. The van der Waals surface area contributed by atoms with Crippen molar-refractivity contribution >= 4 is 18.3 Å². The van der Waals surface area contributed by atoms with Gasteiger partial charge in [0.15, 0.2) is 11.5 Å². The van der Waals surface area contributed by atoms with Crippen LogP contribution in [0.5, 0.6) is 11.5 Å². The zero-order valence-electron chi connectivity index (χ0n) is 13.0. The molecule has 1 aromatic rings. The fourth-order valence-corrected chi connectivity index (χ4v) is 2.53. The maximum absolute atomic E-state index is 12.3. The Morgan fingerprint density at radius 2 is 2.13 bits per heavy atom. The molecule has 1 aliphatic rings. The van der Waals surface area contributed by atoms with E-state index in [-0.39, 0.29) is 35.9 Å². The summed E-state index contributed by atoms with van der Waals surface area (Å²) in [4.78, 5) is 12.2. The molecule has 1 saturated heterocycles. The largest absolute Gasteiger partial charge is 0.493 e. The molecule has 1 heterocycles. The standard InChI is InChI=1S/C15H20F2N2O3.ClH/c1-9-7-11(5-6-18-9)19-14(20)10-3-4-12(22-15(16)17)13(8-10)21-2;/h3-4,8-9,11,15,18H,5-7H2,1-2H3,(H,19,20);1H. The van der Waals surface area contributed by atoms with E-state index in [4.69, 9.17) is 4.74 Å². The van der Waals surface area contributed by atoms with Gasteiger partial charge in [0, 0.05) is 17.6 Å². The van der Waals surface area contributed by atoms with Crippen molar-refractivity contribution in [3.63, 3.8) is 0 Å². The highest BCUT2D eigenvalue weighted by Crippen LogP contribution is 2.29. The Kier molecular flexibility index (Phi) is 7.51. The van der Waals surface area contributed by atoms with Gasteiger partial charge >= 0.3 is 6.61 Å². The highest BCUT2D eigenvalue weighted by molar-refractivity contribution is 5.95. The van der Waals surface area contributed by atoms with Crippen LogP contribution in [-0.4, -0.2) is 38.3 Å². The number of hydrogen-bond acceptors (Lipinski definition) is 4. The highest BCUT2D eigenvalue weighted by Gasteiger charge is 2.21. The second-order valence-corrected chi connectivity index (χ2v) is 5.29. The van der Waals surface area contributed by atoms with Crippen molar-refractivity contribution < 1.29 is 23.0 Å². The third kappa shape index (κ3) is 5.51. The summed E-state index contributed by atoms with van der Waals surface area (Å²) in [6.45, 7) is -0.0150. The van der Waals surface area contributed by atoms with Crippen LogP contribution < -0.4 is 20.1 Å². The molecule has 2 rings (SSSR count). The van der Waals surface area contributed by atoms with E-state index in [0.717, 1.165) is 19.4 Å². The third-order valence-corrected chi connectivity index (χ3v) is 3.60. The lowest BCUT2D eigenvalue weighted by atomic mass is 10.0. The van der Waals surface area contributed by atoms with Gasteiger partial charge in [-0.1, -0.05) is 0 Å². The number of carbonyl (C=O) groups is 1. The number of piperidine rings is 1. The lowest BCUT2D eigenvalue weighted by Crippen LogP contribution is -2.46. The molecule has 1 amide bonds. The fraction of sp³-hybridized carbons (Fsp3) is 0.533. The zero-order valence-corrected chi connectivity index (χ0v) is 13.8. The zero-order chi connectivity index (χ0) is 16.1. The van der Waals surface area contributed by atoms with E-state index >= 15 is 0 Å². The van der Waals surface area contributed by atoms with Gasteiger partial charge in [-0.15, -0.1) is 12.4 Å². The molecular formula is C15H21ClF2N2O3. The van der Waals surface area contributed by atoms with Crippen molar-refractivity contribution in [3.05, 3.63) is 23.8 Å². The molecule has 0 spiro atoms. The Morgan fingerprint density at radius 3 is 2.74 bits per heavy atom. The molecule has 2 atom stereocenters. The fourth-order valence-electron chi connectivity index (χ4n) is 2.53. The van der Waals surface area contributed by atoms with E-state index in [2.05, 4.69) is 22.3 Å². The molecular weight excluding hydrogens is 330 g/mol. The number of rotatable bonds is 5. The maximum atomic E-state index is 12.3. The van der Waals surface area contributed by atoms with E-state index in [0.29, 0.717) is 11.6 Å². The minimum Gasteiger partial charge on any atom is -0.493 e. The Labute approximate surface area is 140 Å². The van der Waals surface area contributed by atoms with Crippen LogP contribution in [0, 0.1) is 0 Å². The van der Waals surface area contributed by atoms with Crippen molar-refractivity contribution in [1.29, 1.82) is 0 Å². The van der Waals surface area contributed by atoms with Gasteiger partial charge in [0.05, 0.1) is 7.11 Å². The van der Waals surface area contributed by atoms with Crippen molar-refractivity contribution in [2.75, 3.05) is 13.7 Å². The van der Waals surface area contributed by atoms with Crippen LogP contribution in [-0.2, 0) is 0 Å². The smallest absolute Gasteiger partial charge is 0.387 e. The first-order valence-corrected chi connectivity index (χ1v) is 7.16. The number of benzene rings is 1. The number of carbonyl (C=O) groups excluding carboxylic acids is 1. The van der Waals surface area contributed by atoms with Gasteiger partial charge in [0.25, 0.3) is 5.91 Å². The topological polar surface area (TPSA) is 59.6 Å². The van der Waals surface area contributed by atoms with Crippen molar-refractivity contribution in [1.82, 2.24) is 10.6 Å². The molecule has 5 nitrogen and oxygen atoms in total. The maximum Gasteiger partial charge on any atom is 0.387 e. The number of nitrogens with one attached hydrogen (secondary N) is 2. The van der Waals surface area contributed by atoms with Gasteiger partial charge in [-0.05, 0) is 44.5 Å². The Hall–Kier alpha value is -1.60. The van der Waals surface area contributed by atoms with Crippen molar-refractivity contribution in [2.45, 2.75) is 38.5 Å². The number of halogens is 3. The molecule has 0 bridgehead atoms. The van der Waals surface area contributed by atoms with Crippen LogP contribution in [0.25, 0.3) is 0 Å². The summed E-state index contributed by atoms with van der Waals surface area (Å²) in [6, 6.07) is 4.62. The summed E-state index contributed by atoms with van der Waals surface area (Å²) in [7, 11) is 1.34. The van der Waals surface area contributed by atoms with E-state index in [9.17, 15) is 13.6 Å². The third-order valence-electron chi connectivity index (χ3n) is 3.60. The number of methoxy groups -OCH3 is 1. The summed E-state index contributed by atoms with van der Waals surface area (Å²) in [5, 5.41) is 6.26. The first kappa shape index (κ1) is 19.4. The van der Waals surface area contributed by atoms with Crippen LogP contribution in [0.15, 0.2) is 18.2 Å². The van der Waals surface area contributed by atoms with E-state index in [1.165, 1.54) is 25.3 Å². The van der Waals surface area contributed by atoms with Crippen molar-refractivity contribution in [2.24, 2.45) is 0 Å². The normalized spacial score (nSPS) is 20.6. The van der Waals surface area contributed by atoms with E-state index in [1.54, 1.807) is 0 Å². The second-order valence-electron chi connectivity index (χ2n) is 5.29. The van der Waals surface area contributed by atoms with Gasteiger partial charge in [-0.2, -0.15) is 8.78 Å². The predicted molar refractivity (Wildman–Crippen MR) is 84.8 cm³/mol. The van der Waals surface area contributed by atoms with Crippen LogP contribution in [0.1, 0.15) is 30.1 Å². The molecule has 2 N–H and O–H groups in total. The highest BCUT2D eigenvalue weighted by atomic mass is 35.5. The van der Waals surface area contributed by atoms with Gasteiger partial charge in [0.1, 0.15) is 0 Å². The number of alkyl halides is 2. The summed E-state index contributed by atoms with van der Waals surface area (Å²) in [5.41, 5.74) is 0.352. The minimum atomic E-state index is -2.94. The van der Waals surface area contributed by atoms with Gasteiger partial charge in [0.2, 0.25) is 0 Å². The Bertz CT molecular complexity index is 531. The average Bonchev–Trinajstić information content (AvgIpc) is 2.47. The van der Waals surface area contributed by atoms with Gasteiger partial charge in [-0.25, -0.2) is 0 Å². The van der Waals surface area contributed by atoms with Crippen LogP contribution >= 0.6 is 12.4 Å². The Morgan fingerprint density at radius 1 is 1.39 bits per heavy atom. The average molecular weight is 351 g/mol. The van der Waals surface area contributed by atoms with Crippen LogP contribution in [0.2, 0.25) is 0 Å². The Balaban J connectivity index is 0.00000264. The summed E-state index contributed by atoms with van der Waals surface area (Å²) >= 11 is 0. The van der Waals surface area contributed by atoms with Gasteiger partial charge < -0.3 is 20.1 Å². The SMILES string of the molecule is COc1cc(C(=O)NC2CCNC(C)C2)ccc1OC(F)F.Cl. The lowest BCUT2D eigenvalue weighted by molar-refractivity contribution is -0.0512. The molecule has 0 aliphatic carbocycles. The quantitative estimate of drug-likeness (QED) is 0.857. The molecule has 2 unspecified atom stereocenters. The number of hydrogen-bond donors (Lipinski definition) is 2. The summed E-state index contributed by atoms with van der Waals surface area (Å²) < 4.78 is 33.9.